The summed E-state index contributed by atoms with van der Waals surface area (Å²) in [6.45, 7) is 1.79. The molecule has 3 aromatic rings. The van der Waals surface area contributed by atoms with E-state index in [0.29, 0.717) is 5.56 Å². The largest absolute Gasteiger partial charge is 0.468 e. The Morgan fingerprint density at radius 2 is 1.67 bits per heavy atom. The molecule has 0 aromatic heterocycles. The van der Waals surface area contributed by atoms with Crippen LogP contribution in [0.5, 0.6) is 0 Å². The Hall–Kier alpha value is -3.39. The second-order valence-electron chi connectivity index (χ2n) is 9.27. The molecular formula is C28H26F2O5S. The monoisotopic (exact) mass is 512 g/mol. The van der Waals surface area contributed by atoms with E-state index in [1.165, 1.54) is 12.1 Å². The number of esters is 1. The average molecular weight is 513 g/mol. The molecule has 36 heavy (non-hydrogen) atoms. The fourth-order valence-electron chi connectivity index (χ4n) is 5.18. The molecule has 0 radical (unpaired) electrons. The number of hydrogen-bond donors (Lipinski definition) is 0. The summed E-state index contributed by atoms with van der Waals surface area (Å²) >= 11 is 0. The number of sulfone groups is 1. The maximum Gasteiger partial charge on any atom is 0.319 e. The van der Waals surface area contributed by atoms with E-state index in [1.807, 2.05) is 0 Å². The summed E-state index contributed by atoms with van der Waals surface area (Å²) < 4.78 is 61.3. The van der Waals surface area contributed by atoms with Gasteiger partial charge in [0.2, 0.25) is 0 Å². The average Bonchev–Trinajstić information content (AvgIpc) is 2.87. The molecule has 3 aromatic carbocycles. The minimum Gasteiger partial charge on any atom is -0.468 e. The fraction of sp³-hybridized carbons (Fsp3) is 0.286. The van der Waals surface area contributed by atoms with Crippen LogP contribution in [0.4, 0.5) is 8.78 Å². The Morgan fingerprint density at radius 3 is 2.31 bits per heavy atom. The zero-order valence-electron chi connectivity index (χ0n) is 20.0. The van der Waals surface area contributed by atoms with Crippen LogP contribution in [0.2, 0.25) is 0 Å². The first-order valence-electron chi connectivity index (χ1n) is 11.5. The highest BCUT2D eigenvalue weighted by Gasteiger charge is 2.61. The molecular weight excluding hydrogens is 486 g/mol. The van der Waals surface area contributed by atoms with E-state index in [2.05, 4.69) is 0 Å². The highest BCUT2D eigenvalue weighted by molar-refractivity contribution is 7.92. The number of Topliss-reactive ketones (excluding diaryl/α,β-unsaturated/α-hetero) is 1. The van der Waals surface area contributed by atoms with E-state index >= 15 is 4.39 Å². The van der Waals surface area contributed by atoms with Gasteiger partial charge in [-0.2, -0.15) is 0 Å². The van der Waals surface area contributed by atoms with Gasteiger partial charge in [-0.1, -0.05) is 48.0 Å². The third-order valence-electron chi connectivity index (χ3n) is 7.07. The van der Waals surface area contributed by atoms with Gasteiger partial charge in [-0.25, -0.2) is 17.2 Å². The van der Waals surface area contributed by atoms with Gasteiger partial charge in [0.15, 0.2) is 15.6 Å². The molecule has 0 amide bonds. The SMILES string of the molecule is COC(=O)C1(Cc2ccccc2)CC(c2cc(F)ccc2F)(S(=O)(=O)c2ccc(C)cc2)CCC1=O. The molecule has 8 heteroatoms. The highest BCUT2D eigenvalue weighted by atomic mass is 32.2. The summed E-state index contributed by atoms with van der Waals surface area (Å²) in [7, 11) is -3.31. The van der Waals surface area contributed by atoms with Gasteiger partial charge < -0.3 is 4.74 Å². The van der Waals surface area contributed by atoms with E-state index < -0.39 is 55.4 Å². The Bertz CT molecular complexity index is 1390. The standard InChI is InChI=1S/C28H26F2O5S/c1-19-8-11-22(12-9-19)36(33,34)28(23-16-21(29)10-13-24(23)30)15-14-25(31)27(18-28,26(32)35-2)17-20-6-4-3-5-7-20/h3-13,16H,14-15,17-18H2,1-2H3. The predicted octanol–water partition coefficient (Wildman–Crippen LogP) is 5.10. The van der Waals surface area contributed by atoms with Crippen LogP contribution < -0.4 is 0 Å². The molecule has 2 atom stereocenters. The maximum atomic E-state index is 15.3. The predicted molar refractivity (Wildman–Crippen MR) is 130 cm³/mol. The summed E-state index contributed by atoms with van der Waals surface area (Å²) in [5, 5.41) is 0. The van der Waals surface area contributed by atoms with E-state index in [4.69, 9.17) is 4.74 Å². The molecule has 1 saturated carbocycles. The van der Waals surface area contributed by atoms with Crippen LogP contribution in [-0.4, -0.2) is 27.3 Å². The van der Waals surface area contributed by atoms with Gasteiger partial charge >= 0.3 is 5.97 Å². The van der Waals surface area contributed by atoms with Gasteiger partial charge in [0, 0.05) is 12.0 Å². The highest BCUT2D eigenvalue weighted by Crippen LogP contribution is 2.54. The number of carbonyl (C=O) groups is 2. The summed E-state index contributed by atoms with van der Waals surface area (Å²) in [6.07, 6.45) is -1.36. The number of aryl methyl sites for hydroxylation is 1. The molecule has 188 valence electrons. The molecule has 1 fully saturated rings. The lowest BCUT2D eigenvalue weighted by Gasteiger charge is -2.45. The number of methoxy groups -OCH3 is 1. The van der Waals surface area contributed by atoms with Crippen molar-refractivity contribution in [3.8, 4) is 0 Å². The third-order valence-corrected chi connectivity index (χ3v) is 9.56. The zero-order valence-corrected chi connectivity index (χ0v) is 20.8. The molecule has 1 aliphatic rings. The molecule has 0 heterocycles. The van der Waals surface area contributed by atoms with Crippen molar-refractivity contribution >= 4 is 21.6 Å². The van der Waals surface area contributed by atoms with Gasteiger partial charge in [0.05, 0.1) is 12.0 Å². The van der Waals surface area contributed by atoms with Gasteiger partial charge in [-0.05, 0) is 62.1 Å². The van der Waals surface area contributed by atoms with Crippen LogP contribution >= 0.6 is 0 Å². The minimum atomic E-state index is -4.43. The normalized spacial score (nSPS) is 22.3. The number of halogens is 2. The molecule has 1 aliphatic carbocycles. The number of carbonyl (C=O) groups excluding carboxylic acids is 2. The van der Waals surface area contributed by atoms with E-state index in [0.717, 1.165) is 30.9 Å². The Kier molecular flexibility index (Phi) is 6.84. The molecule has 0 spiro atoms. The van der Waals surface area contributed by atoms with Crippen molar-refractivity contribution < 1.29 is 31.5 Å². The van der Waals surface area contributed by atoms with Gasteiger partial charge in [-0.15, -0.1) is 0 Å². The molecule has 0 aliphatic heterocycles. The van der Waals surface area contributed by atoms with Crippen LogP contribution in [0.1, 0.15) is 36.0 Å². The second-order valence-corrected chi connectivity index (χ2v) is 11.5. The third kappa shape index (κ3) is 4.23. The molecule has 4 rings (SSSR count). The van der Waals surface area contributed by atoms with Crippen molar-refractivity contribution in [2.24, 2.45) is 5.41 Å². The summed E-state index contributed by atoms with van der Waals surface area (Å²) in [4.78, 5) is 26.6. The van der Waals surface area contributed by atoms with Crippen molar-refractivity contribution in [2.75, 3.05) is 7.11 Å². The van der Waals surface area contributed by atoms with Gasteiger partial charge in [-0.3, -0.25) is 9.59 Å². The molecule has 5 nitrogen and oxygen atoms in total. The molecule has 2 unspecified atom stereocenters. The Labute approximate surface area is 209 Å². The van der Waals surface area contributed by atoms with Crippen LogP contribution in [0, 0.1) is 24.0 Å². The lowest BCUT2D eigenvalue weighted by atomic mass is 9.63. The van der Waals surface area contributed by atoms with Gasteiger partial charge in [0.25, 0.3) is 0 Å². The topological polar surface area (TPSA) is 77.5 Å². The first-order chi connectivity index (χ1) is 17.1. The van der Waals surface area contributed by atoms with Crippen molar-refractivity contribution in [1.29, 1.82) is 0 Å². The van der Waals surface area contributed by atoms with Gasteiger partial charge in [0.1, 0.15) is 21.8 Å². The number of rotatable bonds is 6. The Morgan fingerprint density at radius 1 is 1.00 bits per heavy atom. The Balaban J connectivity index is 2.01. The number of ketones is 1. The van der Waals surface area contributed by atoms with Crippen LogP contribution in [-0.2, 0) is 35.3 Å². The summed E-state index contributed by atoms with van der Waals surface area (Å²) in [5.74, 6) is -3.16. The van der Waals surface area contributed by atoms with Crippen LogP contribution in [0.15, 0.2) is 77.7 Å². The zero-order chi connectivity index (χ0) is 26.1. The lowest BCUT2D eigenvalue weighted by Crippen LogP contribution is -2.54. The number of ether oxygens (including phenoxy) is 1. The number of benzene rings is 3. The minimum absolute atomic E-state index is 0.107. The van der Waals surface area contributed by atoms with Crippen LogP contribution in [0.3, 0.4) is 0 Å². The first-order valence-corrected chi connectivity index (χ1v) is 13.0. The quantitative estimate of drug-likeness (QED) is 0.339. The van der Waals surface area contributed by atoms with E-state index in [1.54, 1.807) is 49.4 Å². The second kappa shape index (κ2) is 9.58. The summed E-state index contributed by atoms with van der Waals surface area (Å²) in [5.41, 5.74) is -0.895. The summed E-state index contributed by atoms with van der Waals surface area (Å²) in [6, 6.07) is 17.3. The van der Waals surface area contributed by atoms with Crippen molar-refractivity contribution in [2.45, 2.75) is 42.2 Å². The van der Waals surface area contributed by atoms with E-state index in [9.17, 15) is 22.4 Å². The van der Waals surface area contributed by atoms with Crippen molar-refractivity contribution in [1.82, 2.24) is 0 Å². The maximum absolute atomic E-state index is 15.3. The first kappa shape index (κ1) is 25.7. The molecule has 0 saturated heterocycles. The molecule has 0 N–H and O–H groups in total. The fourth-order valence-corrected chi connectivity index (χ4v) is 7.38. The smallest absolute Gasteiger partial charge is 0.319 e. The molecule has 0 bridgehead atoms. The van der Waals surface area contributed by atoms with E-state index in [-0.39, 0.29) is 24.2 Å². The number of hydrogen-bond acceptors (Lipinski definition) is 5. The van der Waals surface area contributed by atoms with Crippen molar-refractivity contribution in [3.63, 3.8) is 0 Å². The van der Waals surface area contributed by atoms with Crippen LogP contribution in [0.25, 0.3) is 0 Å². The van der Waals surface area contributed by atoms with Crippen molar-refractivity contribution in [3.05, 3.63) is 101 Å². The lowest BCUT2D eigenvalue weighted by molar-refractivity contribution is -0.161.